The summed E-state index contributed by atoms with van der Waals surface area (Å²) in [4.78, 5) is 19.9. The molecule has 174 valence electrons. The summed E-state index contributed by atoms with van der Waals surface area (Å²) in [6, 6.07) is 9.94. The topological polar surface area (TPSA) is 138 Å². The van der Waals surface area contributed by atoms with Crippen molar-refractivity contribution in [3.05, 3.63) is 71.8 Å². The number of amides is 1. The molecule has 0 aliphatic carbocycles. The minimum absolute atomic E-state index is 0.00898. The lowest BCUT2D eigenvalue weighted by Gasteiger charge is -2.22. The predicted octanol–water partition coefficient (Wildman–Crippen LogP) is 2.47. The van der Waals surface area contributed by atoms with E-state index < -0.39 is 38.3 Å². The van der Waals surface area contributed by atoms with Crippen molar-refractivity contribution < 1.29 is 26.0 Å². The first-order valence-electron chi connectivity index (χ1n) is 9.08. The largest absolute Gasteiger partial charge is 0.325 e. The molecule has 0 bridgehead atoms. The highest BCUT2D eigenvalue weighted by Gasteiger charge is 2.22. The van der Waals surface area contributed by atoms with Crippen LogP contribution in [0.1, 0.15) is 0 Å². The van der Waals surface area contributed by atoms with Crippen molar-refractivity contribution in [3.8, 4) is 0 Å². The van der Waals surface area contributed by atoms with E-state index in [4.69, 9.17) is 11.6 Å². The maximum absolute atomic E-state index is 13.4. The van der Waals surface area contributed by atoms with Gasteiger partial charge < -0.3 is 5.32 Å². The first-order chi connectivity index (χ1) is 15.5. The quantitative estimate of drug-likeness (QED) is 0.471. The number of nitrogens with zero attached hydrogens (tertiary/aromatic N) is 3. The van der Waals surface area contributed by atoms with Crippen LogP contribution in [0.4, 0.5) is 21.7 Å². The average molecular weight is 514 g/mol. The van der Waals surface area contributed by atoms with Gasteiger partial charge in [0.2, 0.25) is 21.9 Å². The summed E-state index contributed by atoms with van der Waals surface area (Å²) in [5.41, 5.74) is 0.232. The van der Waals surface area contributed by atoms with Crippen LogP contribution in [0.25, 0.3) is 0 Å². The highest BCUT2D eigenvalue weighted by atomic mass is 35.5. The van der Waals surface area contributed by atoms with Crippen LogP contribution in [-0.2, 0) is 24.8 Å². The van der Waals surface area contributed by atoms with Gasteiger partial charge >= 0.3 is 0 Å². The number of halogens is 2. The van der Waals surface area contributed by atoms with Gasteiger partial charge in [0.25, 0.3) is 10.0 Å². The van der Waals surface area contributed by atoms with Gasteiger partial charge in [-0.15, -0.1) is 0 Å². The van der Waals surface area contributed by atoms with Gasteiger partial charge in [0.15, 0.2) is 0 Å². The van der Waals surface area contributed by atoms with Crippen LogP contribution in [0.5, 0.6) is 0 Å². The van der Waals surface area contributed by atoms with Crippen LogP contribution in [0.2, 0.25) is 5.02 Å². The number of sulfonamides is 2. The van der Waals surface area contributed by atoms with Gasteiger partial charge in [0.1, 0.15) is 12.4 Å². The number of hydrogen-bond acceptors (Lipinski definition) is 7. The van der Waals surface area contributed by atoms with E-state index in [9.17, 15) is 26.0 Å². The fourth-order valence-electron chi connectivity index (χ4n) is 2.62. The van der Waals surface area contributed by atoms with E-state index in [0.29, 0.717) is 0 Å². The SMILES string of the molecule is CS(=O)(=O)N(CC(=O)Nc1ccc(S(=O)(=O)Nc2ncccn2)cc1)c1ccc(F)c(Cl)c1. The molecule has 14 heteroatoms. The molecule has 0 saturated carbocycles. The van der Waals surface area contributed by atoms with Gasteiger partial charge in [0.05, 0.1) is 21.9 Å². The molecular weight excluding hydrogens is 497 g/mol. The summed E-state index contributed by atoms with van der Waals surface area (Å²) in [5, 5.41) is 2.18. The molecule has 0 fully saturated rings. The Balaban J connectivity index is 1.72. The molecule has 33 heavy (non-hydrogen) atoms. The van der Waals surface area contributed by atoms with Crippen molar-refractivity contribution in [2.24, 2.45) is 0 Å². The molecule has 2 aromatic carbocycles. The maximum atomic E-state index is 13.4. The Bertz CT molecular complexity index is 1370. The third-order valence-electron chi connectivity index (χ3n) is 4.12. The Labute approximate surface area is 194 Å². The number of rotatable bonds is 8. The lowest BCUT2D eigenvalue weighted by molar-refractivity contribution is -0.114. The molecule has 10 nitrogen and oxygen atoms in total. The standard InChI is InChI=1S/C19H17ClFN5O5S2/c1-32(28,29)26(14-5-8-17(21)16(20)11-14)12-18(27)24-13-3-6-15(7-4-13)33(30,31)25-19-22-9-2-10-23-19/h2-11H,12H2,1H3,(H,24,27)(H,22,23,25). The van der Waals surface area contributed by atoms with E-state index in [1.165, 1.54) is 48.8 Å². The first-order valence-corrected chi connectivity index (χ1v) is 12.8. The Morgan fingerprint density at radius 2 is 1.70 bits per heavy atom. The van der Waals surface area contributed by atoms with E-state index in [0.717, 1.165) is 22.7 Å². The zero-order chi connectivity index (χ0) is 24.2. The Morgan fingerprint density at radius 1 is 1.06 bits per heavy atom. The third kappa shape index (κ3) is 6.37. The van der Waals surface area contributed by atoms with Gasteiger partial charge in [-0.1, -0.05) is 11.6 Å². The molecular formula is C19H17ClFN5O5S2. The number of anilines is 3. The van der Waals surface area contributed by atoms with Crippen LogP contribution in [0, 0.1) is 5.82 Å². The minimum Gasteiger partial charge on any atom is -0.325 e. The molecule has 0 saturated heterocycles. The highest BCUT2D eigenvalue weighted by Crippen LogP contribution is 2.24. The van der Waals surface area contributed by atoms with Crippen LogP contribution < -0.4 is 14.3 Å². The van der Waals surface area contributed by atoms with Crippen molar-refractivity contribution in [1.82, 2.24) is 9.97 Å². The van der Waals surface area contributed by atoms with Gasteiger partial charge in [-0.3, -0.25) is 9.10 Å². The van der Waals surface area contributed by atoms with E-state index in [1.807, 2.05) is 0 Å². The molecule has 2 N–H and O–H groups in total. The van der Waals surface area contributed by atoms with Crippen LogP contribution in [0.15, 0.2) is 65.8 Å². The smallest absolute Gasteiger partial charge is 0.264 e. The summed E-state index contributed by atoms with van der Waals surface area (Å²) in [7, 11) is -7.86. The van der Waals surface area contributed by atoms with E-state index in [2.05, 4.69) is 20.0 Å². The Kier molecular flexibility index (Phi) is 7.15. The van der Waals surface area contributed by atoms with Crippen molar-refractivity contribution in [2.75, 3.05) is 27.1 Å². The number of carbonyl (C=O) groups is 1. The molecule has 0 atom stereocenters. The molecule has 0 radical (unpaired) electrons. The molecule has 1 heterocycles. The fraction of sp³-hybridized carbons (Fsp3) is 0.105. The van der Waals surface area contributed by atoms with E-state index in [1.54, 1.807) is 0 Å². The maximum Gasteiger partial charge on any atom is 0.264 e. The normalized spacial score (nSPS) is 11.6. The van der Waals surface area contributed by atoms with Crippen molar-refractivity contribution in [3.63, 3.8) is 0 Å². The second-order valence-electron chi connectivity index (χ2n) is 6.62. The zero-order valence-electron chi connectivity index (χ0n) is 16.9. The molecule has 0 aliphatic heterocycles. The van der Waals surface area contributed by atoms with Crippen molar-refractivity contribution >= 4 is 54.9 Å². The van der Waals surface area contributed by atoms with Gasteiger partial charge in [-0.05, 0) is 48.5 Å². The number of aromatic nitrogens is 2. The minimum atomic E-state index is -3.96. The number of nitrogens with one attached hydrogen (secondary N) is 2. The fourth-order valence-corrected chi connectivity index (χ4v) is 4.60. The monoisotopic (exact) mass is 513 g/mol. The Hall–Kier alpha value is -3.29. The summed E-state index contributed by atoms with van der Waals surface area (Å²) in [6.45, 7) is -0.617. The van der Waals surface area contributed by atoms with Gasteiger partial charge in [0, 0.05) is 18.1 Å². The first kappa shape index (κ1) is 24.4. The number of carbonyl (C=O) groups excluding carboxylic acids is 1. The molecule has 1 aromatic heterocycles. The van der Waals surface area contributed by atoms with E-state index in [-0.39, 0.29) is 27.2 Å². The molecule has 0 spiro atoms. The summed E-state index contributed by atoms with van der Waals surface area (Å²) in [5.74, 6) is -1.55. The van der Waals surface area contributed by atoms with Crippen LogP contribution >= 0.6 is 11.6 Å². The number of hydrogen-bond donors (Lipinski definition) is 2. The van der Waals surface area contributed by atoms with Crippen LogP contribution in [0.3, 0.4) is 0 Å². The van der Waals surface area contributed by atoms with E-state index >= 15 is 0 Å². The summed E-state index contributed by atoms with van der Waals surface area (Å²) in [6.07, 6.45) is 3.65. The van der Waals surface area contributed by atoms with Crippen molar-refractivity contribution in [2.45, 2.75) is 4.90 Å². The zero-order valence-corrected chi connectivity index (χ0v) is 19.3. The lowest BCUT2D eigenvalue weighted by atomic mass is 10.3. The second-order valence-corrected chi connectivity index (χ2v) is 10.6. The average Bonchev–Trinajstić information content (AvgIpc) is 2.74. The predicted molar refractivity (Wildman–Crippen MR) is 122 cm³/mol. The molecule has 3 rings (SSSR count). The second kappa shape index (κ2) is 9.68. The van der Waals surface area contributed by atoms with Gasteiger partial charge in [-0.2, -0.15) is 0 Å². The Morgan fingerprint density at radius 3 is 2.27 bits per heavy atom. The summed E-state index contributed by atoms with van der Waals surface area (Å²) >= 11 is 5.72. The molecule has 1 amide bonds. The molecule has 0 unspecified atom stereocenters. The third-order valence-corrected chi connectivity index (χ3v) is 6.89. The van der Waals surface area contributed by atoms with Crippen molar-refractivity contribution in [1.29, 1.82) is 0 Å². The number of benzene rings is 2. The highest BCUT2D eigenvalue weighted by molar-refractivity contribution is 7.92. The lowest BCUT2D eigenvalue weighted by Crippen LogP contribution is -2.37. The molecule has 0 aliphatic rings. The van der Waals surface area contributed by atoms with Gasteiger partial charge in [-0.25, -0.2) is 35.9 Å². The molecule has 3 aromatic rings. The van der Waals surface area contributed by atoms with Crippen LogP contribution in [-0.4, -0.2) is 45.5 Å². The summed E-state index contributed by atoms with van der Waals surface area (Å²) < 4.78 is 65.5.